The lowest BCUT2D eigenvalue weighted by Gasteiger charge is -2.35. The van der Waals surface area contributed by atoms with Gasteiger partial charge in [-0.1, -0.05) is 0 Å². The zero-order valence-electron chi connectivity index (χ0n) is 15.7. The molecule has 0 aromatic rings. The van der Waals surface area contributed by atoms with E-state index in [2.05, 4.69) is 46.6 Å². The van der Waals surface area contributed by atoms with Crippen LogP contribution in [0.1, 0.15) is 47.5 Å². The molecule has 1 amide bonds. The van der Waals surface area contributed by atoms with E-state index in [1.165, 1.54) is 0 Å². The van der Waals surface area contributed by atoms with E-state index in [1.807, 2.05) is 13.8 Å². The molecule has 23 heavy (non-hydrogen) atoms. The highest BCUT2D eigenvalue weighted by atomic mass is 16.2. The minimum absolute atomic E-state index is 0.0161. The van der Waals surface area contributed by atoms with Gasteiger partial charge in [-0.25, -0.2) is 0 Å². The van der Waals surface area contributed by atoms with E-state index in [4.69, 9.17) is 0 Å². The summed E-state index contributed by atoms with van der Waals surface area (Å²) >= 11 is 0. The first-order valence-electron chi connectivity index (χ1n) is 8.81. The molecule has 0 bridgehead atoms. The molecule has 1 fully saturated rings. The Hall–Kier alpha value is -1.30. The highest BCUT2D eigenvalue weighted by molar-refractivity contribution is 5.83. The number of nitrogens with one attached hydrogen (secondary N) is 3. The van der Waals surface area contributed by atoms with Crippen molar-refractivity contribution >= 4 is 11.9 Å². The van der Waals surface area contributed by atoms with E-state index >= 15 is 0 Å². The first-order chi connectivity index (χ1) is 10.8. The molecular formula is C17H35N5O. The number of hydrogen-bond acceptors (Lipinski definition) is 3. The third-order valence-electron chi connectivity index (χ3n) is 4.42. The summed E-state index contributed by atoms with van der Waals surface area (Å²) in [7, 11) is 1.67. The van der Waals surface area contributed by atoms with E-state index in [9.17, 15) is 4.79 Å². The number of carbonyl (C=O) groups excluding carboxylic acids is 1. The molecule has 1 heterocycles. The maximum absolute atomic E-state index is 11.9. The van der Waals surface area contributed by atoms with Crippen LogP contribution < -0.4 is 16.0 Å². The van der Waals surface area contributed by atoms with Gasteiger partial charge in [-0.3, -0.25) is 9.79 Å². The highest BCUT2D eigenvalue weighted by Crippen LogP contribution is 2.16. The Morgan fingerprint density at radius 1 is 1.30 bits per heavy atom. The molecule has 0 aliphatic carbocycles. The Morgan fingerprint density at radius 3 is 2.39 bits per heavy atom. The SMILES string of the molecule is CCNC(=NCC(C)(C)C(=O)NC)NC1CCN(C(C)C)CC1. The van der Waals surface area contributed by atoms with Crippen LogP contribution in [0.5, 0.6) is 0 Å². The Bertz CT molecular complexity index is 398. The molecule has 0 aromatic carbocycles. The summed E-state index contributed by atoms with van der Waals surface area (Å²) in [6.45, 7) is 13.9. The second-order valence-corrected chi connectivity index (χ2v) is 7.21. The molecule has 6 heteroatoms. The fraction of sp³-hybridized carbons (Fsp3) is 0.882. The number of hydrogen-bond donors (Lipinski definition) is 3. The van der Waals surface area contributed by atoms with Gasteiger partial charge in [0.2, 0.25) is 5.91 Å². The standard InChI is InChI=1S/C17H35N5O/c1-7-19-16(20-12-17(4,5)15(23)18-6)21-14-8-10-22(11-9-14)13(2)3/h13-14H,7-12H2,1-6H3,(H,18,23)(H2,19,20,21). The van der Waals surface area contributed by atoms with Gasteiger partial charge in [-0.05, 0) is 47.5 Å². The van der Waals surface area contributed by atoms with Gasteiger partial charge < -0.3 is 20.9 Å². The first kappa shape index (κ1) is 19.7. The van der Waals surface area contributed by atoms with Crippen LogP contribution in [0.25, 0.3) is 0 Å². The summed E-state index contributed by atoms with van der Waals surface area (Å²) < 4.78 is 0. The Balaban J connectivity index is 2.58. The normalized spacial score (nSPS) is 18.1. The predicted molar refractivity (Wildman–Crippen MR) is 96.7 cm³/mol. The van der Waals surface area contributed by atoms with Gasteiger partial charge >= 0.3 is 0 Å². The number of nitrogens with zero attached hydrogens (tertiary/aromatic N) is 2. The average Bonchev–Trinajstić information content (AvgIpc) is 2.52. The average molecular weight is 326 g/mol. The van der Waals surface area contributed by atoms with E-state index in [0.717, 1.165) is 38.4 Å². The monoisotopic (exact) mass is 325 g/mol. The molecule has 6 nitrogen and oxygen atoms in total. The largest absolute Gasteiger partial charge is 0.359 e. The fourth-order valence-corrected chi connectivity index (χ4v) is 2.76. The molecule has 1 saturated heterocycles. The number of rotatable bonds is 6. The molecule has 0 aromatic heterocycles. The van der Waals surface area contributed by atoms with E-state index in [0.29, 0.717) is 18.6 Å². The van der Waals surface area contributed by atoms with Crippen molar-refractivity contribution in [2.45, 2.75) is 59.5 Å². The van der Waals surface area contributed by atoms with E-state index in [1.54, 1.807) is 7.05 Å². The maximum atomic E-state index is 11.9. The lowest BCUT2D eigenvalue weighted by Crippen LogP contribution is -2.50. The van der Waals surface area contributed by atoms with Crippen molar-refractivity contribution in [2.75, 3.05) is 33.2 Å². The van der Waals surface area contributed by atoms with Crippen LogP contribution in [0.3, 0.4) is 0 Å². The molecule has 134 valence electrons. The van der Waals surface area contributed by atoms with Crippen LogP contribution in [-0.4, -0.2) is 62.1 Å². The van der Waals surface area contributed by atoms with Gasteiger partial charge in [0.1, 0.15) is 0 Å². The number of piperidine rings is 1. The summed E-state index contributed by atoms with van der Waals surface area (Å²) in [5.41, 5.74) is -0.502. The molecule has 0 saturated carbocycles. The second-order valence-electron chi connectivity index (χ2n) is 7.21. The van der Waals surface area contributed by atoms with E-state index < -0.39 is 5.41 Å². The van der Waals surface area contributed by atoms with Gasteiger partial charge in [0.25, 0.3) is 0 Å². The van der Waals surface area contributed by atoms with Crippen molar-refractivity contribution in [1.29, 1.82) is 0 Å². The molecule has 1 rings (SSSR count). The minimum Gasteiger partial charge on any atom is -0.359 e. The number of likely N-dealkylation sites (tertiary alicyclic amines) is 1. The predicted octanol–water partition coefficient (Wildman–Crippen LogP) is 1.19. The molecular weight excluding hydrogens is 290 g/mol. The quantitative estimate of drug-likeness (QED) is 0.507. The third kappa shape index (κ3) is 6.37. The van der Waals surface area contributed by atoms with Gasteiger partial charge in [0.05, 0.1) is 12.0 Å². The van der Waals surface area contributed by atoms with Crippen molar-refractivity contribution in [3.8, 4) is 0 Å². The second kappa shape index (κ2) is 9.11. The zero-order valence-corrected chi connectivity index (χ0v) is 15.7. The van der Waals surface area contributed by atoms with Crippen LogP contribution in [0.15, 0.2) is 4.99 Å². The van der Waals surface area contributed by atoms with Crippen molar-refractivity contribution in [3.05, 3.63) is 0 Å². The Kier molecular flexibility index (Phi) is 7.82. The molecule has 0 atom stereocenters. The van der Waals surface area contributed by atoms with Crippen LogP contribution in [0.2, 0.25) is 0 Å². The Labute approximate surface area is 141 Å². The summed E-state index contributed by atoms with van der Waals surface area (Å²) in [5, 5.41) is 9.52. The lowest BCUT2D eigenvalue weighted by atomic mass is 9.93. The minimum atomic E-state index is -0.502. The van der Waals surface area contributed by atoms with Gasteiger partial charge in [0, 0.05) is 38.8 Å². The van der Waals surface area contributed by atoms with Crippen molar-refractivity contribution in [1.82, 2.24) is 20.9 Å². The van der Waals surface area contributed by atoms with Gasteiger partial charge in [-0.2, -0.15) is 0 Å². The molecule has 0 radical (unpaired) electrons. The van der Waals surface area contributed by atoms with Crippen LogP contribution in [-0.2, 0) is 4.79 Å². The van der Waals surface area contributed by atoms with Gasteiger partial charge in [-0.15, -0.1) is 0 Å². The highest BCUT2D eigenvalue weighted by Gasteiger charge is 2.27. The zero-order chi connectivity index (χ0) is 17.5. The summed E-state index contributed by atoms with van der Waals surface area (Å²) in [6, 6.07) is 1.07. The summed E-state index contributed by atoms with van der Waals surface area (Å²) in [6.07, 6.45) is 2.25. The summed E-state index contributed by atoms with van der Waals surface area (Å²) in [4.78, 5) is 19.0. The number of aliphatic imine (C=N–C) groups is 1. The van der Waals surface area contributed by atoms with Crippen LogP contribution in [0, 0.1) is 5.41 Å². The lowest BCUT2D eigenvalue weighted by molar-refractivity contribution is -0.128. The Morgan fingerprint density at radius 2 is 1.91 bits per heavy atom. The molecule has 1 aliphatic rings. The van der Waals surface area contributed by atoms with Crippen molar-refractivity contribution in [3.63, 3.8) is 0 Å². The first-order valence-corrected chi connectivity index (χ1v) is 8.81. The number of guanidine groups is 1. The fourth-order valence-electron chi connectivity index (χ4n) is 2.76. The van der Waals surface area contributed by atoms with Crippen LogP contribution >= 0.6 is 0 Å². The number of carbonyl (C=O) groups is 1. The number of amides is 1. The summed E-state index contributed by atoms with van der Waals surface area (Å²) in [5.74, 6) is 0.829. The molecule has 0 unspecified atom stereocenters. The molecule has 3 N–H and O–H groups in total. The van der Waals surface area contributed by atoms with Crippen molar-refractivity contribution < 1.29 is 4.79 Å². The smallest absolute Gasteiger partial charge is 0.227 e. The molecule has 0 spiro atoms. The molecule has 1 aliphatic heterocycles. The third-order valence-corrected chi connectivity index (χ3v) is 4.42. The van der Waals surface area contributed by atoms with E-state index in [-0.39, 0.29) is 5.91 Å². The maximum Gasteiger partial charge on any atom is 0.227 e. The van der Waals surface area contributed by atoms with Crippen LogP contribution in [0.4, 0.5) is 0 Å². The van der Waals surface area contributed by atoms with Gasteiger partial charge in [0.15, 0.2) is 5.96 Å². The van der Waals surface area contributed by atoms with Crippen molar-refractivity contribution in [2.24, 2.45) is 10.4 Å². The topological polar surface area (TPSA) is 68.8 Å².